The van der Waals surface area contributed by atoms with Crippen LogP contribution >= 0.6 is 0 Å². The van der Waals surface area contributed by atoms with Gasteiger partial charge in [-0.3, -0.25) is 0 Å². The average molecular weight is 431 g/mol. The van der Waals surface area contributed by atoms with Crippen LogP contribution < -0.4 is 12.4 Å². The van der Waals surface area contributed by atoms with E-state index < -0.39 is 0 Å². The van der Waals surface area contributed by atoms with Gasteiger partial charge in [0.05, 0.1) is 32.2 Å². The molecule has 0 fully saturated rings. The van der Waals surface area contributed by atoms with E-state index in [1.165, 1.54) is 140 Å². The maximum absolute atomic E-state index is 7.32. The minimum atomic E-state index is 0. The van der Waals surface area contributed by atoms with Crippen LogP contribution in [0.2, 0.25) is 0 Å². The van der Waals surface area contributed by atoms with Crippen LogP contribution in [-0.2, 0) is 0 Å². The molecule has 0 aromatic heterocycles. The fourth-order valence-electron chi connectivity index (χ4n) is 4.17. The third kappa shape index (κ3) is 23.9. The lowest BCUT2D eigenvalue weighted by molar-refractivity contribution is -0.929. The molecule has 0 bridgehead atoms. The number of nitriles is 1. The Balaban J connectivity index is -0.00000158. The van der Waals surface area contributed by atoms with Crippen molar-refractivity contribution in [1.82, 2.24) is 0 Å². The quantitative estimate of drug-likeness (QED) is 0.180. The highest BCUT2D eigenvalue weighted by atomic mass is 35.5. The molecule has 0 aromatic rings. The maximum Gasteiger partial charge on any atom is 0.0786 e. The van der Waals surface area contributed by atoms with E-state index in [4.69, 9.17) is 5.26 Å². The van der Waals surface area contributed by atoms with Crippen molar-refractivity contribution >= 4 is 0 Å². The third-order valence-corrected chi connectivity index (χ3v) is 5.94. The average Bonchev–Trinajstić information content (AvgIpc) is 2.70. The van der Waals surface area contributed by atoms with Gasteiger partial charge in [-0.1, -0.05) is 79.1 Å². The summed E-state index contributed by atoms with van der Waals surface area (Å²) in [5.41, 5.74) is 0. The number of hydrogen-bond donors (Lipinski definition) is 0. The number of nitrogens with zero attached hydrogens (tertiary/aromatic N) is 2. The molecule has 0 aliphatic carbocycles. The smallest absolute Gasteiger partial charge is 0.0786 e. The fraction of sp³-hybridized carbons (Fsp3) is 0.962. The van der Waals surface area contributed by atoms with E-state index in [0.29, 0.717) is 0 Å². The van der Waals surface area contributed by atoms with Crippen LogP contribution in [0.3, 0.4) is 0 Å². The first kappa shape index (κ1) is 33.4. The molecule has 0 aliphatic heterocycles. The highest BCUT2D eigenvalue weighted by molar-refractivity contribution is 4.53. The highest BCUT2D eigenvalue weighted by Gasteiger charge is 2.25. The summed E-state index contributed by atoms with van der Waals surface area (Å²) in [4.78, 5) is 0. The topological polar surface area (TPSA) is 23.8 Å². The maximum atomic E-state index is 7.32. The molecule has 0 radical (unpaired) electrons. The van der Waals surface area contributed by atoms with Crippen molar-refractivity contribution in [3.05, 3.63) is 0 Å². The SMILES string of the molecule is CC#N.CCCCCC[N+](CCCCCC)(CCCCCC)CCCCCC.[Cl-]. The molecule has 0 saturated carbocycles. The van der Waals surface area contributed by atoms with Gasteiger partial charge in [0.15, 0.2) is 0 Å². The lowest BCUT2D eigenvalue weighted by Crippen LogP contribution is -3.00. The number of hydrogen-bond acceptors (Lipinski definition) is 1. The summed E-state index contributed by atoms with van der Waals surface area (Å²) in [5.74, 6) is 0. The summed E-state index contributed by atoms with van der Waals surface area (Å²) in [5, 5.41) is 7.32. The molecule has 0 saturated heterocycles. The van der Waals surface area contributed by atoms with Crippen molar-refractivity contribution in [2.75, 3.05) is 26.2 Å². The van der Waals surface area contributed by atoms with E-state index in [0.717, 1.165) is 0 Å². The van der Waals surface area contributed by atoms with E-state index in [9.17, 15) is 0 Å². The van der Waals surface area contributed by atoms with Crippen LogP contribution in [-0.4, -0.2) is 30.7 Å². The minimum Gasteiger partial charge on any atom is -1.00 e. The Bertz CT molecular complexity index is 272. The standard InChI is InChI=1S/C24H52N.C2H3N.ClH/c1-5-9-13-17-21-25(22-18-14-10-6-2,23-19-15-11-7-3)24-20-16-12-8-4;1-2-3;/h5-24H2,1-4H3;1H3;1H/q+1;;/p-1. The molecule has 29 heavy (non-hydrogen) atoms. The third-order valence-electron chi connectivity index (χ3n) is 5.94. The number of unbranched alkanes of at least 4 members (excludes halogenated alkanes) is 12. The number of rotatable bonds is 20. The summed E-state index contributed by atoms with van der Waals surface area (Å²) in [6.07, 6.45) is 22.8. The van der Waals surface area contributed by atoms with Gasteiger partial charge in [-0.05, 0) is 51.4 Å². The van der Waals surface area contributed by atoms with Crippen molar-refractivity contribution in [2.45, 2.75) is 137 Å². The molecule has 0 amide bonds. The lowest BCUT2D eigenvalue weighted by atomic mass is 10.1. The summed E-state index contributed by atoms with van der Waals surface area (Å²) >= 11 is 0. The van der Waals surface area contributed by atoms with Gasteiger partial charge < -0.3 is 16.9 Å². The predicted molar refractivity (Wildman–Crippen MR) is 128 cm³/mol. The summed E-state index contributed by atoms with van der Waals surface area (Å²) < 4.78 is 1.46. The largest absolute Gasteiger partial charge is 1.00 e. The van der Waals surface area contributed by atoms with E-state index in [1.54, 1.807) is 6.07 Å². The number of halogens is 1. The first-order valence-electron chi connectivity index (χ1n) is 12.8. The van der Waals surface area contributed by atoms with E-state index in [2.05, 4.69) is 27.7 Å². The van der Waals surface area contributed by atoms with Crippen LogP contribution in [0.5, 0.6) is 0 Å². The fourth-order valence-corrected chi connectivity index (χ4v) is 4.17. The first-order valence-corrected chi connectivity index (χ1v) is 12.8. The molecule has 0 aliphatic rings. The highest BCUT2D eigenvalue weighted by Crippen LogP contribution is 2.19. The molecule has 2 nitrogen and oxygen atoms in total. The second-order valence-corrected chi connectivity index (χ2v) is 8.70. The molecule has 0 atom stereocenters. The van der Waals surface area contributed by atoms with Crippen molar-refractivity contribution in [1.29, 1.82) is 5.26 Å². The van der Waals surface area contributed by atoms with Crippen LogP contribution in [0, 0.1) is 11.3 Å². The Morgan fingerprint density at radius 3 is 0.862 bits per heavy atom. The van der Waals surface area contributed by atoms with Crippen LogP contribution in [0.4, 0.5) is 0 Å². The Kier molecular flexibility index (Phi) is 31.9. The van der Waals surface area contributed by atoms with Gasteiger partial charge in [-0.15, -0.1) is 0 Å². The normalized spacial score (nSPS) is 10.6. The van der Waals surface area contributed by atoms with Crippen molar-refractivity contribution < 1.29 is 16.9 Å². The predicted octanol–water partition coefficient (Wildman–Crippen LogP) is 5.66. The molecule has 0 N–H and O–H groups in total. The Hall–Kier alpha value is -0.260. The second-order valence-electron chi connectivity index (χ2n) is 8.70. The molecule has 0 unspecified atom stereocenters. The van der Waals surface area contributed by atoms with Gasteiger partial charge in [-0.2, -0.15) is 5.26 Å². The lowest BCUT2D eigenvalue weighted by Gasteiger charge is -2.39. The molecule has 3 heteroatoms. The second kappa shape index (κ2) is 27.7. The Labute approximate surface area is 191 Å². The molecule has 0 aromatic carbocycles. The van der Waals surface area contributed by atoms with Crippen LogP contribution in [0.15, 0.2) is 0 Å². The van der Waals surface area contributed by atoms with Crippen molar-refractivity contribution in [3.8, 4) is 6.07 Å². The zero-order valence-electron chi connectivity index (χ0n) is 20.9. The molecule has 0 spiro atoms. The Morgan fingerprint density at radius 1 is 0.483 bits per heavy atom. The van der Waals surface area contributed by atoms with Crippen molar-refractivity contribution in [3.63, 3.8) is 0 Å². The van der Waals surface area contributed by atoms with Gasteiger partial charge in [0, 0.05) is 6.92 Å². The summed E-state index contributed by atoms with van der Waals surface area (Å²) in [6.45, 7) is 16.6. The summed E-state index contributed by atoms with van der Waals surface area (Å²) in [7, 11) is 0. The first-order chi connectivity index (χ1) is 13.7. The molecule has 0 heterocycles. The van der Waals surface area contributed by atoms with E-state index in [1.807, 2.05) is 0 Å². The van der Waals surface area contributed by atoms with Gasteiger partial charge in [0.1, 0.15) is 0 Å². The van der Waals surface area contributed by atoms with Gasteiger partial charge in [-0.25, -0.2) is 0 Å². The minimum absolute atomic E-state index is 0. The van der Waals surface area contributed by atoms with E-state index >= 15 is 0 Å². The van der Waals surface area contributed by atoms with Crippen LogP contribution in [0.25, 0.3) is 0 Å². The number of quaternary nitrogens is 1. The van der Waals surface area contributed by atoms with E-state index in [-0.39, 0.29) is 12.4 Å². The molecular weight excluding hydrogens is 376 g/mol. The Morgan fingerprint density at radius 2 is 0.690 bits per heavy atom. The molecule has 0 rings (SSSR count). The molecule has 176 valence electrons. The van der Waals surface area contributed by atoms with Crippen molar-refractivity contribution in [2.24, 2.45) is 0 Å². The monoisotopic (exact) mass is 430 g/mol. The zero-order chi connectivity index (χ0) is 21.3. The van der Waals surface area contributed by atoms with Gasteiger partial charge in [0.2, 0.25) is 0 Å². The molecular formula is C26H55ClN2. The van der Waals surface area contributed by atoms with Crippen LogP contribution in [0.1, 0.15) is 137 Å². The van der Waals surface area contributed by atoms with Gasteiger partial charge >= 0.3 is 0 Å². The zero-order valence-corrected chi connectivity index (χ0v) is 21.7. The summed E-state index contributed by atoms with van der Waals surface area (Å²) in [6, 6.07) is 1.75. The van der Waals surface area contributed by atoms with Gasteiger partial charge in [0.25, 0.3) is 0 Å².